The SMILES string of the molecule is Cn1cnnc1NC(=O)C1CCNCC1. The Kier molecular flexibility index (Phi) is 2.96. The third kappa shape index (κ3) is 2.33. The number of piperidine rings is 1. The van der Waals surface area contributed by atoms with E-state index in [1.807, 2.05) is 0 Å². The maximum absolute atomic E-state index is 11.8. The third-order valence-corrected chi connectivity index (χ3v) is 2.66. The molecule has 0 saturated carbocycles. The Morgan fingerprint density at radius 1 is 1.60 bits per heavy atom. The molecule has 0 unspecified atom stereocenters. The highest BCUT2D eigenvalue weighted by Crippen LogP contribution is 2.13. The molecule has 1 saturated heterocycles. The summed E-state index contributed by atoms with van der Waals surface area (Å²) >= 11 is 0. The molecular weight excluding hydrogens is 194 g/mol. The lowest BCUT2D eigenvalue weighted by Gasteiger charge is -2.21. The van der Waals surface area contributed by atoms with E-state index in [9.17, 15) is 4.79 Å². The highest BCUT2D eigenvalue weighted by Gasteiger charge is 2.21. The van der Waals surface area contributed by atoms with Crippen LogP contribution >= 0.6 is 0 Å². The molecule has 2 rings (SSSR count). The van der Waals surface area contributed by atoms with Gasteiger partial charge in [0.15, 0.2) is 0 Å². The van der Waals surface area contributed by atoms with Gasteiger partial charge < -0.3 is 9.88 Å². The zero-order valence-electron chi connectivity index (χ0n) is 8.73. The van der Waals surface area contributed by atoms with Gasteiger partial charge >= 0.3 is 0 Å². The molecular formula is C9H15N5O. The van der Waals surface area contributed by atoms with Gasteiger partial charge in [-0.2, -0.15) is 0 Å². The summed E-state index contributed by atoms with van der Waals surface area (Å²) < 4.78 is 1.69. The maximum Gasteiger partial charge on any atom is 0.230 e. The summed E-state index contributed by atoms with van der Waals surface area (Å²) in [5, 5.41) is 13.5. The minimum absolute atomic E-state index is 0.0487. The van der Waals surface area contributed by atoms with Crippen molar-refractivity contribution in [1.29, 1.82) is 0 Å². The van der Waals surface area contributed by atoms with Crippen LogP contribution < -0.4 is 10.6 Å². The van der Waals surface area contributed by atoms with Crippen LogP contribution in [0.5, 0.6) is 0 Å². The molecule has 1 aliphatic heterocycles. The van der Waals surface area contributed by atoms with Crippen molar-refractivity contribution in [3.05, 3.63) is 6.33 Å². The fourth-order valence-corrected chi connectivity index (χ4v) is 1.69. The summed E-state index contributed by atoms with van der Waals surface area (Å²) in [6.45, 7) is 1.83. The number of hydrogen-bond acceptors (Lipinski definition) is 4. The first-order valence-electron chi connectivity index (χ1n) is 5.13. The normalized spacial score (nSPS) is 17.7. The van der Waals surface area contributed by atoms with Crippen LogP contribution in [0.1, 0.15) is 12.8 Å². The van der Waals surface area contributed by atoms with Crippen LogP contribution in [0, 0.1) is 5.92 Å². The van der Waals surface area contributed by atoms with Gasteiger partial charge in [0.25, 0.3) is 0 Å². The minimum Gasteiger partial charge on any atom is -0.317 e. The summed E-state index contributed by atoms with van der Waals surface area (Å²) in [6, 6.07) is 0. The number of aryl methyl sites for hydroxylation is 1. The Bertz CT molecular complexity index is 342. The molecule has 1 aromatic heterocycles. The zero-order chi connectivity index (χ0) is 10.7. The Hall–Kier alpha value is -1.43. The Labute approximate surface area is 88.1 Å². The van der Waals surface area contributed by atoms with Gasteiger partial charge in [0, 0.05) is 13.0 Å². The van der Waals surface area contributed by atoms with Gasteiger partial charge in [0.1, 0.15) is 6.33 Å². The monoisotopic (exact) mass is 209 g/mol. The second-order valence-electron chi connectivity index (χ2n) is 3.78. The van der Waals surface area contributed by atoms with E-state index in [1.54, 1.807) is 17.9 Å². The molecule has 0 aromatic carbocycles. The van der Waals surface area contributed by atoms with E-state index in [1.165, 1.54) is 0 Å². The quantitative estimate of drug-likeness (QED) is 0.704. The summed E-state index contributed by atoms with van der Waals surface area (Å²) in [4.78, 5) is 11.8. The van der Waals surface area contributed by atoms with E-state index in [0.29, 0.717) is 5.95 Å². The van der Waals surface area contributed by atoms with Crippen molar-refractivity contribution >= 4 is 11.9 Å². The lowest BCUT2D eigenvalue weighted by Crippen LogP contribution is -2.35. The molecule has 6 heteroatoms. The van der Waals surface area contributed by atoms with Crippen molar-refractivity contribution in [2.45, 2.75) is 12.8 Å². The molecule has 15 heavy (non-hydrogen) atoms. The van der Waals surface area contributed by atoms with Crippen LogP contribution in [0.2, 0.25) is 0 Å². The Morgan fingerprint density at radius 3 is 2.93 bits per heavy atom. The average molecular weight is 209 g/mol. The number of amides is 1. The van der Waals surface area contributed by atoms with Gasteiger partial charge in [-0.3, -0.25) is 10.1 Å². The number of carbonyl (C=O) groups excluding carboxylic acids is 1. The van der Waals surface area contributed by atoms with Crippen LogP contribution in [0.4, 0.5) is 5.95 Å². The summed E-state index contributed by atoms with van der Waals surface area (Å²) in [5.74, 6) is 0.661. The van der Waals surface area contributed by atoms with E-state index in [2.05, 4.69) is 20.8 Å². The smallest absolute Gasteiger partial charge is 0.230 e. The van der Waals surface area contributed by atoms with Gasteiger partial charge in [-0.1, -0.05) is 0 Å². The summed E-state index contributed by atoms with van der Waals surface area (Å²) in [6.07, 6.45) is 3.35. The van der Waals surface area contributed by atoms with Crippen molar-refractivity contribution < 1.29 is 4.79 Å². The van der Waals surface area contributed by atoms with Crippen molar-refractivity contribution in [2.24, 2.45) is 13.0 Å². The van der Waals surface area contributed by atoms with Crippen LogP contribution in [0.15, 0.2) is 6.33 Å². The number of nitrogens with zero attached hydrogens (tertiary/aromatic N) is 3. The zero-order valence-corrected chi connectivity index (χ0v) is 8.73. The molecule has 1 aliphatic rings. The van der Waals surface area contributed by atoms with Crippen molar-refractivity contribution in [2.75, 3.05) is 18.4 Å². The van der Waals surface area contributed by atoms with E-state index in [4.69, 9.17) is 0 Å². The molecule has 0 radical (unpaired) electrons. The fraction of sp³-hybridized carbons (Fsp3) is 0.667. The van der Waals surface area contributed by atoms with Crippen molar-refractivity contribution in [1.82, 2.24) is 20.1 Å². The van der Waals surface area contributed by atoms with Crippen molar-refractivity contribution in [3.8, 4) is 0 Å². The lowest BCUT2D eigenvalue weighted by atomic mass is 9.97. The molecule has 82 valence electrons. The molecule has 1 aromatic rings. The van der Waals surface area contributed by atoms with Gasteiger partial charge in [-0.25, -0.2) is 0 Å². The average Bonchev–Trinajstić information content (AvgIpc) is 2.66. The van der Waals surface area contributed by atoms with Gasteiger partial charge in [-0.05, 0) is 25.9 Å². The van der Waals surface area contributed by atoms with Crippen LogP contribution in [-0.2, 0) is 11.8 Å². The van der Waals surface area contributed by atoms with Gasteiger partial charge in [0.2, 0.25) is 11.9 Å². The second-order valence-corrected chi connectivity index (χ2v) is 3.78. The largest absolute Gasteiger partial charge is 0.317 e. The molecule has 2 heterocycles. The predicted molar refractivity (Wildman–Crippen MR) is 55.2 cm³/mol. The summed E-state index contributed by atoms with van der Waals surface area (Å²) in [5.41, 5.74) is 0. The standard InChI is InChI=1S/C9H15N5O/c1-14-6-11-13-9(14)12-8(15)7-2-4-10-5-3-7/h6-7,10H,2-5H2,1H3,(H,12,13,15). The Balaban J connectivity index is 1.94. The highest BCUT2D eigenvalue weighted by molar-refractivity contribution is 5.91. The van der Waals surface area contributed by atoms with Crippen LogP contribution in [0.3, 0.4) is 0 Å². The molecule has 2 N–H and O–H groups in total. The minimum atomic E-state index is 0.0487. The van der Waals surface area contributed by atoms with E-state index < -0.39 is 0 Å². The van der Waals surface area contributed by atoms with E-state index in [-0.39, 0.29) is 11.8 Å². The van der Waals surface area contributed by atoms with Gasteiger partial charge in [-0.15, -0.1) is 10.2 Å². The second kappa shape index (κ2) is 4.39. The van der Waals surface area contributed by atoms with Crippen LogP contribution in [-0.4, -0.2) is 33.8 Å². The number of nitrogens with one attached hydrogen (secondary N) is 2. The van der Waals surface area contributed by atoms with Crippen LogP contribution in [0.25, 0.3) is 0 Å². The van der Waals surface area contributed by atoms with E-state index in [0.717, 1.165) is 25.9 Å². The topological polar surface area (TPSA) is 71.8 Å². The molecule has 0 bridgehead atoms. The fourth-order valence-electron chi connectivity index (χ4n) is 1.69. The number of hydrogen-bond donors (Lipinski definition) is 2. The molecule has 1 amide bonds. The molecule has 6 nitrogen and oxygen atoms in total. The maximum atomic E-state index is 11.8. The van der Waals surface area contributed by atoms with E-state index >= 15 is 0 Å². The molecule has 1 fully saturated rings. The lowest BCUT2D eigenvalue weighted by molar-refractivity contribution is -0.120. The first-order chi connectivity index (χ1) is 7.27. The first-order valence-corrected chi connectivity index (χ1v) is 5.13. The Morgan fingerprint density at radius 2 is 2.33 bits per heavy atom. The molecule has 0 atom stereocenters. The first kappa shape index (κ1) is 10.1. The number of carbonyl (C=O) groups is 1. The predicted octanol–water partition coefficient (Wildman–Crippen LogP) is -0.247. The molecule has 0 aliphatic carbocycles. The molecule has 0 spiro atoms. The highest BCUT2D eigenvalue weighted by atomic mass is 16.2. The number of anilines is 1. The number of aromatic nitrogens is 3. The summed E-state index contributed by atoms with van der Waals surface area (Å²) in [7, 11) is 1.80. The number of rotatable bonds is 2. The van der Waals surface area contributed by atoms with Gasteiger partial charge in [0.05, 0.1) is 0 Å². The third-order valence-electron chi connectivity index (χ3n) is 2.66. The van der Waals surface area contributed by atoms with Crippen molar-refractivity contribution in [3.63, 3.8) is 0 Å².